The molecule has 3 aliphatic carbocycles. The topological polar surface area (TPSA) is 20.2 Å². The number of rotatable bonds is 0. The highest BCUT2D eigenvalue weighted by molar-refractivity contribution is 5.14. The molecule has 3 unspecified atom stereocenters. The first kappa shape index (κ1) is 9.21. The van der Waals surface area contributed by atoms with E-state index in [1.807, 2.05) is 0 Å². The van der Waals surface area contributed by atoms with Gasteiger partial charge in [0.05, 0.1) is 5.60 Å². The Bertz CT molecular complexity index is 238. The van der Waals surface area contributed by atoms with E-state index >= 15 is 0 Å². The van der Waals surface area contributed by atoms with Crippen LogP contribution in [-0.4, -0.2) is 10.7 Å². The third-order valence-electron chi connectivity index (χ3n) is 5.76. The summed E-state index contributed by atoms with van der Waals surface area (Å²) in [6, 6.07) is 0. The minimum atomic E-state index is -0.323. The van der Waals surface area contributed by atoms with Gasteiger partial charge in [-0.25, -0.2) is 0 Å². The number of hydrogen-bond acceptors (Lipinski definition) is 1. The summed E-state index contributed by atoms with van der Waals surface area (Å²) in [5.41, 5.74) is 0.0184. The molecule has 3 atom stereocenters. The van der Waals surface area contributed by atoms with Crippen molar-refractivity contribution in [1.29, 1.82) is 0 Å². The maximum atomic E-state index is 10.8. The van der Waals surface area contributed by atoms with Crippen molar-refractivity contribution in [3.63, 3.8) is 0 Å². The Labute approximate surface area is 86.9 Å². The summed E-state index contributed by atoms with van der Waals surface area (Å²) < 4.78 is 0. The SMILES string of the molecule is CC1(O)C2CCC(C2)C12CCCCC2. The molecule has 80 valence electrons. The molecule has 1 N–H and O–H groups in total. The summed E-state index contributed by atoms with van der Waals surface area (Å²) in [4.78, 5) is 0. The highest BCUT2D eigenvalue weighted by atomic mass is 16.3. The Hall–Kier alpha value is -0.0400. The molecule has 1 spiro atoms. The van der Waals surface area contributed by atoms with Crippen LogP contribution < -0.4 is 0 Å². The molecule has 0 aromatic heterocycles. The molecule has 0 saturated heterocycles. The first-order valence-electron chi connectivity index (χ1n) is 6.39. The first-order chi connectivity index (χ1) is 6.67. The second-order valence-electron chi connectivity index (χ2n) is 6.07. The summed E-state index contributed by atoms with van der Waals surface area (Å²) in [7, 11) is 0. The molecule has 3 rings (SSSR count). The fourth-order valence-corrected chi connectivity index (χ4v) is 4.91. The maximum Gasteiger partial charge on any atom is 0.0706 e. The van der Waals surface area contributed by atoms with E-state index in [9.17, 15) is 5.11 Å². The van der Waals surface area contributed by atoms with Crippen molar-refractivity contribution in [1.82, 2.24) is 0 Å². The summed E-state index contributed by atoms with van der Waals surface area (Å²) in [5, 5.41) is 10.8. The van der Waals surface area contributed by atoms with Gasteiger partial charge in [0.2, 0.25) is 0 Å². The number of hydrogen-bond donors (Lipinski definition) is 1. The molecule has 3 fully saturated rings. The van der Waals surface area contributed by atoms with Gasteiger partial charge >= 0.3 is 0 Å². The second kappa shape index (κ2) is 2.75. The summed E-state index contributed by atoms with van der Waals surface area (Å²) in [5.74, 6) is 1.49. The molecular formula is C13H22O. The quantitative estimate of drug-likeness (QED) is 0.628. The lowest BCUT2D eigenvalue weighted by atomic mass is 9.57. The Morgan fingerprint density at radius 1 is 1.00 bits per heavy atom. The highest BCUT2D eigenvalue weighted by Gasteiger charge is 2.63. The zero-order valence-electron chi connectivity index (χ0n) is 9.26. The third kappa shape index (κ3) is 0.900. The van der Waals surface area contributed by atoms with E-state index in [4.69, 9.17) is 0 Å². The van der Waals surface area contributed by atoms with E-state index in [0.717, 1.165) is 5.92 Å². The van der Waals surface area contributed by atoms with Crippen molar-refractivity contribution in [2.45, 2.75) is 63.9 Å². The molecule has 0 radical (unpaired) electrons. The van der Waals surface area contributed by atoms with Gasteiger partial charge in [-0.3, -0.25) is 0 Å². The van der Waals surface area contributed by atoms with Gasteiger partial charge in [0.1, 0.15) is 0 Å². The van der Waals surface area contributed by atoms with E-state index in [2.05, 4.69) is 6.92 Å². The lowest BCUT2D eigenvalue weighted by Gasteiger charge is -2.51. The first-order valence-corrected chi connectivity index (χ1v) is 6.39. The van der Waals surface area contributed by atoms with Crippen LogP contribution in [0.4, 0.5) is 0 Å². The maximum absolute atomic E-state index is 10.8. The molecule has 2 bridgehead atoms. The summed E-state index contributed by atoms with van der Waals surface area (Å²) in [6.07, 6.45) is 10.8. The van der Waals surface area contributed by atoms with Crippen molar-refractivity contribution in [3.05, 3.63) is 0 Å². The minimum absolute atomic E-state index is 0.323. The predicted molar refractivity (Wildman–Crippen MR) is 57.0 cm³/mol. The fraction of sp³-hybridized carbons (Fsp3) is 1.00. The molecule has 1 nitrogen and oxygen atoms in total. The third-order valence-corrected chi connectivity index (χ3v) is 5.76. The van der Waals surface area contributed by atoms with Crippen LogP contribution in [0.2, 0.25) is 0 Å². The van der Waals surface area contributed by atoms with Gasteiger partial charge in [-0.15, -0.1) is 0 Å². The van der Waals surface area contributed by atoms with Gasteiger partial charge in [0, 0.05) is 5.41 Å². The van der Waals surface area contributed by atoms with Crippen LogP contribution >= 0.6 is 0 Å². The van der Waals surface area contributed by atoms with Crippen LogP contribution in [0, 0.1) is 17.3 Å². The van der Waals surface area contributed by atoms with Crippen LogP contribution in [0.25, 0.3) is 0 Å². The van der Waals surface area contributed by atoms with Crippen molar-refractivity contribution in [3.8, 4) is 0 Å². The van der Waals surface area contributed by atoms with Crippen molar-refractivity contribution < 1.29 is 5.11 Å². The normalized spacial score (nSPS) is 50.1. The minimum Gasteiger partial charge on any atom is -0.389 e. The summed E-state index contributed by atoms with van der Waals surface area (Å²) in [6.45, 7) is 2.14. The lowest BCUT2D eigenvalue weighted by Crippen LogP contribution is -2.51. The van der Waals surface area contributed by atoms with E-state index < -0.39 is 0 Å². The van der Waals surface area contributed by atoms with E-state index in [0.29, 0.717) is 11.3 Å². The van der Waals surface area contributed by atoms with Gasteiger partial charge in [-0.1, -0.05) is 19.3 Å². The van der Waals surface area contributed by atoms with Gasteiger partial charge < -0.3 is 5.11 Å². The molecule has 14 heavy (non-hydrogen) atoms. The van der Waals surface area contributed by atoms with Crippen LogP contribution in [0.1, 0.15) is 58.3 Å². The van der Waals surface area contributed by atoms with Gasteiger partial charge in [0.25, 0.3) is 0 Å². The Morgan fingerprint density at radius 2 is 1.64 bits per heavy atom. The van der Waals surface area contributed by atoms with Crippen LogP contribution in [0.3, 0.4) is 0 Å². The van der Waals surface area contributed by atoms with E-state index in [-0.39, 0.29) is 5.60 Å². The molecule has 0 aliphatic heterocycles. The van der Waals surface area contributed by atoms with Gasteiger partial charge in [0.15, 0.2) is 0 Å². The molecule has 1 heteroatoms. The Kier molecular flexibility index (Phi) is 1.81. The fourth-order valence-electron chi connectivity index (χ4n) is 4.91. The van der Waals surface area contributed by atoms with E-state index in [1.165, 1.54) is 51.4 Å². The largest absolute Gasteiger partial charge is 0.389 e. The summed E-state index contributed by atoms with van der Waals surface area (Å²) >= 11 is 0. The number of fused-ring (bicyclic) bond motifs is 3. The monoisotopic (exact) mass is 194 g/mol. The zero-order valence-corrected chi connectivity index (χ0v) is 9.26. The Balaban J connectivity index is 1.96. The molecular weight excluding hydrogens is 172 g/mol. The molecule has 0 amide bonds. The lowest BCUT2D eigenvalue weighted by molar-refractivity contribution is -0.127. The molecule has 3 aliphatic rings. The van der Waals surface area contributed by atoms with Crippen LogP contribution in [-0.2, 0) is 0 Å². The van der Waals surface area contributed by atoms with Gasteiger partial charge in [-0.2, -0.15) is 0 Å². The molecule has 0 aromatic rings. The highest BCUT2D eigenvalue weighted by Crippen LogP contribution is 2.66. The van der Waals surface area contributed by atoms with Crippen molar-refractivity contribution in [2.75, 3.05) is 0 Å². The van der Waals surface area contributed by atoms with Crippen molar-refractivity contribution in [2.24, 2.45) is 17.3 Å². The zero-order chi connectivity index (χ0) is 9.81. The van der Waals surface area contributed by atoms with E-state index in [1.54, 1.807) is 0 Å². The number of aliphatic hydroxyl groups is 1. The predicted octanol–water partition coefficient (Wildman–Crippen LogP) is 3.12. The smallest absolute Gasteiger partial charge is 0.0706 e. The second-order valence-corrected chi connectivity index (χ2v) is 6.07. The molecule has 0 heterocycles. The average molecular weight is 194 g/mol. The van der Waals surface area contributed by atoms with Crippen LogP contribution in [0.5, 0.6) is 0 Å². The average Bonchev–Trinajstić information content (AvgIpc) is 2.72. The van der Waals surface area contributed by atoms with Crippen LogP contribution in [0.15, 0.2) is 0 Å². The van der Waals surface area contributed by atoms with Crippen molar-refractivity contribution >= 4 is 0 Å². The standard InChI is InChI=1S/C13H22O/c1-12(14)10-5-6-11(9-10)13(12)7-3-2-4-8-13/h10-11,14H,2-9H2,1H3. The Morgan fingerprint density at radius 3 is 2.21 bits per heavy atom. The van der Waals surface area contributed by atoms with Gasteiger partial charge in [-0.05, 0) is 50.9 Å². The molecule has 3 saturated carbocycles. The molecule has 0 aromatic carbocycles.